The van der Waals surface area contributed by atoms with Crippen molar-refractivity contribution < 1.29 is 28.7 Å². The molecule has 4 amide bonds. The number of carbonyl (C=O) groups excluding carboxylic acids is 4. The fourth-order valence-electron chi connectivity index (χ4n) is 10.5. The van der Waals surface area contributed by atoms with E-state index in [1.165, 1.54) is 14.2 Å². The Hall–Kier alpha value is -5.60. The van der Waals surface area contributed by atoms with E-state index in [1.54, 1.807) is 0 Å². The molecule has 14 nitrogen and oxygen atoms in total. The first kappa shape index (κ1) is 43.6. The van der Waals surface area contributed by atoms with Crippen molar-refractivity contribution in [3.05, 3.63) is 82.6 Å². The number of carbonyl (C=O) groups is 4. The molecule has 6 unspecified atom stereocenters. The molecule has 2 saturated heterocycles. The van der Waals surface area contributed by atoms with E-state index >= 15 is 0 Å². The van der Waals surface area contributed by atoms with E-state index in [4.69, 9.17) is 42.6 Å². The molecule has 10 atom stereocenters. The molecule has 64 heavy (non-hydrogen) atoms. The number of imidazole rings is 2. The first-order chi connectivity index (χ1) is 30.6. The maximum Gasteiger partial charge on any atom is 0.407 e. The summed E-state index contributed by atoms with van der Waals surface area (Å²) >= 11 is 13.6. The Labute approximate surface area is 382 Å². The van der Waals surface area contributed by atoms with Gasteiger partial charge in [0.25, 0.3) is 0 Å². The van der Waals surface area contributed by atoms with Gasteiger partial charge in [0.1, 0.15) is 23.7 Å². The molecule has 0 bridgehead atoms. The van der Waals surface area contributed by atoms with Gasteiger partial charge in [-0.2, -0.15) is 0 Å². The lowest BCUT2D eigenvalue weighted by molar-refractivity contribution is -0.137. The van der Waals surface area contributed by atoms with Crippen molar-refractivity contribution in [3.63, 3.8) is 0 Å². The van der Waals surface area contributed by atoms with Crippen LogP contribution in [0, 0.1) is 35.5 Å². The van der Waals surface area contributed by atoms with Crippen molar-refractivity contribution in [1.82, 2.24) is 40.4 Å². The lowest BCUT2D eigenvalue weighted by Crippen LogP contribution is -2.52. The van der Waals surface area contributed by atoms with Gasteiger partial charge in [-0.25, -0.2) is 19.6 Å². The molecule has 4 heterocycles. The molecule has 16 heteroatoms. The third-order valence-electron chi connectivity index (χ3n) is 14.2. The second-order valence-electron chi connectivity index (χ2n) is 18.7. The summed E-state index contributed by atoms with van der Waals surface area (Å²) in [7, 11) is 2.58. The van der Waals surface area contributed by atoms with Gasteiger partial charge in [-0.3, -0.25) is 9.59 Å². The Morgan fingerprint density at radius 2 is 1.02 bits per heavy atom. The number of hydrogen-bond acceptors (Lipinski definition) is 8. The summed E-state index contributed by atoms with van der Waals surface area (Å²) in [4.78, 5) is 72.6. The van der Waals surface area contributed by atoms with E-state index in [1.807, 2.05) is 55.7 Å². The number of H-pyrrole nitrogens is 2. The average molecular weight is 910 g/mol. The van der Waals surface area contributed by atoms with Crippen LogP contribution in [0.2, 0.25) is 10.3 Å². The van der Waals surface area contributed by atoms with Crippen molar-refractivity contribution in [2.45, 2.75) is 90.6 Å². The van der Waals surface area contributed by atoms with Gasteiger partial charge >= 0.3 is 12.2 Å². The van der Waals surface area contributed by atoms with E-state index in [2.05, 4.69) is 76.9 Å². The number of aromatic amines is 2. The van der Waals surface area contributed by atoms with Crippen molar-refractivity contribution in [1.29, 1.82) is 0 Å². The Bertz CT molecular complexity index is 2650. The van der Waals surface area contributed by atoms with Crippen LogP contribution in [0.25, 0.3) is 44.4 Å². The first-order valence-corrected chi connectivity index (χ1v) is 22.8. The van der Waals surface area contributed by atoms with Crippen molar-refractivity contribution in [3.8, 4) is 33.6 Å². The molecule has 4 N–H and O–H groups in total. The third kappa shape index (κ3) is 7.65. The van der Waals surface area contributed by atoms with Crippen LogP contribution in [0.3, 0.4) is 0 Å². The first-order valence-electron chi connectivity index (χ1n) is 22.1. The summed E-state index contributed by atoms with van der Waals surface area (Å²) in [6, 6.07) is 18.7. The lowest BCUT2D eigenvalue weighted by atomic mass is 9.98. The van der Waals surface area contributed by atoms with Crippen LogP contribution >= 0.6 is 23.2 Å². The average Bonchev–Trinajstić information content (AvgIpc) is 3.70. The van der Waals surface area contributed by atoms with Gasteiger partial charge < -0.3 is 39.9 Å². The van der Waals surface area contributed by atoms with Gasteiger partial charge in [0, 0.05) is 23.2 Å². The Kier molecular flexibility index (Phi) is 11.4. The number of fused-ring (bicyclic) bond motifs is 3. The number of rotatable bonds is 11. The van der Waals surface area contributed by atoms with Crippen LogP contribution < -0.4 is 10.6 Å². The summed E-state index contributed by atoms with van der Waals surface area (Å²) in [5, 5.41) is 8.21. The molecule has 4 fully saturated rings. The molecule has 0 spiro atoms. The zero-order valence-corrected chi connectivity index (χ0v) is 38.6. The lowest BCUT2D eigenvalue weighted by Gasteiger charge is -2.32. The number of benzene rings is 3. The summed E-state index contributed by atoms with van der Waals surface area (Å²) in [6.45, 7) is 11.9. The van der Waals surface area contributed by atoms with E-state index in [0.29, 0.717) is 57.0 Å². The quantitative estimate of drug-likeness (QED) is 0.102. The van der Waals surface area contributed by atoms with E-state index in [-0.39, 0.29) is 47.8 Å². The molecule has 9 rings (SSSR count). The molecule has 4 aliphatic rings. The SMILES string of the molecule is COC(=O)N[C@H](C(=O)N1C2C(C)C2C[C@H]1c1nc(Cl)c(-c2ccc(-c3ccc4cc(-c5[nH]c([C@@H]6CC7C(C)C7N6C(=O)[C@@H](NC(=O)OC)C(C)C)nc5Cl)ccc4c3)cc2)[nH]1)C(C)C. The second-order valence-corrected chi connectivity index (χ2v) is 19.4. The predicted molar refractivity (Wildman–Crippen MR) is 244 cm³/mol. The highest BCUT2D eigenvalue weighted by molar-refractivity contribution is 6.32. The van der Waals surface area contributed by atoms with Crippen LogP contribution in [0.4, 0.5) is 9.59 Å². The summed E-state index contributed by atoms with van der Waals surface area (Å²) in [6.07, 6.45) is 0.255. The topological polar surface area (TPSA) is 175 Å². The number of likely N-dealkylation sites (tertiary alicyclic amines) is 2. The molecular formula is C48H54Cl2N8O6. The maximum absolute atomic E-state index is 14.0. The van der Waals surface area contributed by atoms with E-state index < -0.39 is 24.3 Å². The number of ether oxygens (including phenoxy) is 2. The molecule has 2 aromatic heterocycles. The number of alkyl carbamates (subject to hydrolysis) is 2. The highest BCUT2D eigenvalue weighted by Gasteiger charge is 2.63. The highest BCUT2D eigenvalue weighted by atomic mass is 35.5. The Morgan fingerprint density at radius 3 is 1.45 bits per heavy atom. The van der Waals surface area contributed by atoms with Crippen molar-refractivity contribution >= 4 is 58.0 Å². The minimum atomic E-state index is -0.733. The van der Waals surface area contributed by atoms with Gasteiger partial charge in [-0.1, -0.05) is 113 Å². The van der Waals surface area contributed by atoms with Crippen LogP contribution in [-0.4, -0.2) is 92.1 Å². The molecule has 3 aromatic carbocycles. The largest absolute Gasteiger partial charge is 0.453 e. The predicted octanol–water partition coefficient (Wildman–Crippen LogP) is 9.17. The zero-order chi connectivity index (χ0) is 45.5. The minimum Gasteiger partial charge on any atom is -0.453 e. The maximum atomic E-state index is 14.0. The molecule has 5 aromatic rings. The smallest absolute Gasteiger partial charge is 0.407 e. The molecule has 2 aliphatic carbocycles. The number of nitrogens with zero attached hydrogens (tertiary/aromatic N) is 4. The fourth-order valence-corrected chi connectivity index (χ4v) is 11.0. The van der Waals surface area contributed by atoms with Gasteiger partial charge in [-0.05, 0) is 82.4 Å². The second kappa shape index (κ2) is 16.8. The summed E-state index contributed by atoms with van der Waals surface area (Å²) < 4.78 is 9.65. The molecule has 0 radical (unpaired) electrons. The number of piperidine rings is 2. The number of methoxy groups -OCH3 is 2. The van der Waals surface area contributed by atoms with Crippen molar-refractivity contribution in [2.24, 2.45) is 35.5 Å². The van der Waals surface area contributed by atoms with E-state index in [0.717, 1.165) is 45.9 Å². The van der Waals surface area contributed by atoms with Crippen LogP contribution in [0.5, 0.6) is 0 Å². The standard InChI is InChI=1S/C48H54Cl2N8O6/c1-21(2)35(53-47(61)63-7)45(59)57-33(19-31-23(5)39(31)57)43-51-37(41(49)55-43)26-11-9-25(10-12-26)27-13-14-29-18-30(16-15-28(29)17-27)38-42(50)56-44(52-38)34-20-32-24(6)40(32)58(34)46(60)36(22(3)4)54-48(62)64-8/h9-18,21-24,31-36,39-40H,19-20H2,1-8H3,(H,51,55)(H,52,56)(H,53,61)(H,54,62)/t23?,24?,31?,32?,33-,34-,35-,36-,39?,40?/m0/s1. The van der Waals surface area contributed by atoms with Crippen LogP contribution in [0.1, 0.15) is 78.1 Å². The normalized spacial score (nSPS) is 25.2. The molecule has 2 aliphatic heterocycles. The number of hydrogen-bond donors (Lipinski definition) is 4. The zero-order valence-electron chi connectivity index (χ0n) is 37.1. The molecular weight excluding hydrogens is 855 g/mol. The van der Waals surface area contributed by atoms with Crippen LogP contribution in [0.15, 0.2) is 60.7 Å². The van der Waals surface area contributed by atoms with Crippen LogP contribution in [-0.2, 0) is 19.1 Å². The third-order valence-corrected chi connectivity index (χ3v) is 14.8. The van der Waals surface area contributed by atoms with Gasteiger partial charge in [0.2, 0.25) is 11.8 Å². The fraction of sp³-hybridized carbons (Fsp3) is 0.458. The number of amides is 4. The summed E-state index contributed by atoms with van der Waals surface area (Å²) in [5.41, 5.74) is 5.17. The Morgan fingerprint density at radius 1 is 0.625 bits per heavy atom. The van der Waals surface area contributed by atoms with Gasteiger partial charge in [-0.15, -0.1) is 0 Å². The number of nitrogens with one attached hydrogen (secondary N) is 4. The molecule has 2 saturated carbocycles. The molecule has 336 valence electrons. The van der Waals surface area contributed by atoms with Gasteiger partial charge in [0.15, 0.2) is 10.3 Å². The van der Waals surface area contributed by atoms with Gasteiger partial charge in [0.05, 0.1) is 37.7 Å². The Balaban J connectivity index is 0.914. The minimum absolute atomic E-state index is 0.0803. The highest BCUT2D eigenvalue weighted by Crippen LogP contribution is 2.59. The number of halogens is 2. The number of aromatic nitrogens is 4. The van der Waals surface area contributed by atoms with Crippen molar-refractivity contribution in [2.75, 3.05) is 14.2 Å². The monoisotopic (exact) mass is 908 g/mol. The summed E-state index contributed by atoms with van der Waals surface area (Å²) in [5.74, 6) is 2.14. The van der Waals surface area contributed by atoms with E-state index in [9.17, 15) is 19.2 Å².